The van der Waals surface area contributed by atoms with Crippen molar-refractivity contribution in [2.45, 2.75) is 36.6 Å². The molecule has 3 aromatic rings. The lowest BCUT2D eigenvalue weighted by Crippen LogP contribution is -2.43. The fraction of sp³-hybridized carbons (Fsp3) is 0.391. The van der Waals surface area contributed by atoms with Gasteiger partial charge in [0.2, 0.25) is 0 Å². The van der Waals surface area contributed by atoms with E-state index >= 15 is 0 Å². The van der Waals surface area contributed by atoms with Crippen molar-refractivity contribution in [2.24, 2.45) is 0 Å². The number of hydrogen-bond donors (Lipinski definition) is 0. The van der Waals surface area contributed by atoms with Crippen molar-refractivity contribution in [3.05, 3.63) is 71.0 Å². The van der Waals surface area contributed by atoms with Crippen LogP contribution in [0.2, 0.25) is 5.02 Å². The van der Waals surface area contributed by atoms with Gasteiger partial charge in [-0.05, 0) is 36.6 Å². The Balaban J connectivity index is 1.26. The summed E-state index contributed by atoms with van der Waals surface area (Å²) >= 11 is 8.09. The number of nitrogens with zero attached hydrogens (tertiary/aromatic N) is 4. The Labute approximate surface area is 186 Å². The summed E-state index contributed by atoms with van der Waals surface area (Å²) in [4.78, 5) is 2.42. The number of benzene rings is 2. The molecule has 1 aliphatic carbocycles. The molecule has 0 bridgehead atoms. The van der Waals surface area contributed by atoms with E-state index in [1.165, 1.54) is 18.4 Å². The molecular formula is C23H25ClN4OS. The van der Waals surface area contributed by atoms with Gasteiger partial charge in [0.15, 0.2) is 5.16 Å². The molecule has 1 saturated heterocycles. The Bertz CT molecular complexity index is 992. The summed E-state index contributed by atoms with van der Waals surface area (Å²) in [6.07, 6.45) is 2.58. The molecule has 2 fully saturated rings. The van der Waals surface area contributed by atoms with E-state index in [9.17, 15) is 0 Å². The van der Waals surface area contributed by atoms with E-state index in [4.69, 9.17) is 16.3 Å². The summed E-state index contributed by atoms with van der Waals surface area (Å²) in [7, 11) is 0. The monoisotopic (exact) mass is 440 g/mol. The molecule has 5 nitrogen and oxygen atoms in total. The molecule has 1 saturated carbocycles. The maximum absolute atomic E-state index is 6.35. The molecule has 0 spiro atoms. The van der Waals surface area contributed by atoms with E-state index in [2.05, 4.69) is 50.0 Å². The van der Waals surface area contributed by atoms with Crippen molar-refractivity contribution < 1.29 is 4.74 Å². The molecule has 1 unspecified atom stereocenters. The van der Waals surface area contributed by atoms with Crippen molar-refractivity contribution in [3.8, 4) is 5.69 Å². The molecule has 1 aliphatic heterocycles. The Morgan fingerprint density at radius 1 is 1.03 bits per heavy atom. The lowest BCUT2D eigenvalue weighted by atomic mass is 10.2. The van der Waals surface area contributed by atoms with Gasteiger partial charge in [-0.3, -0.25) is 9.47 Å². The lowest BCUT2D eigenvalue weighted by molar-refractivity contribution is -0.0187. The molecule has 2 aliphatic rings. The molecular weight excluding hydrogens is 416 g/mol. The highest BCUT2D eigenvalue weighted by Gasteiger charge is 2.31. The van der Waals surface area contributed by atoms with Crippen molar-refractivity contribution in [1.29, 1.82) is 0 Å². The maximum Gasteiger partial charge on any atom is 0.195 e. The van der Waals surface area contributed by atoms with Gasteiger partial charge >= 0.3 is 0 Å². The SMILES string of the molecule is Clc1ccccc1CN1CCOC(CSc2nnc(C3CC3)n2-c2ccccc2)C1. The highest BCUT2D eigenvalue weighted by Crippen LogP contribution is 2.41. The third-order valence-corrected chi connectivity index (χ3v) is 7.02. The zero-order valence-corrected chi connectivity index (χ0v) is 18.4. The number of para-hydroxylation sites is 1. The first-order chi connectivity index (χ1) is 14.8. The van der Waals surface area contributed by atoms with E-state index in [-0.39, 0.29) is 6.10 Å². The van der Waals surface area contributed by atoms with Crippen LogP contribution < -0.4 is 0 Å². The number of aromatic nitrogens is 3. The van der Waals surface area contributed by atoms with Crippen LogP contribution in [0.1, 0.15) is 30.1 Å². The predicted molar refractivity (Wildman–Crippen MR) is 121 cm³/mol. The van der Waals surface area contributed by atoms with Crippen LogP contribution in [0.15, 0.2) is 59.8 Å². The number of thioether (sulfide) groups is 1. The number of halogens is 1. The lowest BCUT2D eigenvalue weighted by Gasteiger charge is -2.33. The Hall–Kier alpha value is -1.86. The topological polar surface area (TPSA) is 43.2 Å². The quantitative estimate of drug-likeness (QED) is 0.494. The summed E-state index contributed by atoms with van der Waals surface area (Å²) in [6, 6.07) is 18.5. The van der Waals surface area contributed by atoms with E-state index in [0.29, 0.717) is 5.92 Å². The Kier molecular flexibility index (Phi) is 6.09. The van der Waals surface area contributed by atoms with Gasteiger partial charge in [0.05, 0.1) is 12.7 Å². The van der Waals surface area contributed by atoms with Gasteiger partial charge in [-0.15, -0.1) is 10.2 Å². The number of hydrogen-bond acceptors (Lipinski definition) is 5. The smallest absolute Gasteiger partial charge is 0.195 e. The van der Waals surface area contributed by atoms with Crippen LogP contribution in [0.5, 0.6) is 0 Å². The molecule has 1 atom stereocenters. The molecule has 30 heavy (non-hydrogen) atoms. The maximum atomic E-state index is 6.35. The highest BCUT2D eigenvalue weighted by molar-refractivity contribution is 7.99. The molecule has 0 radical (unpaired) electrons. The summed E-state index contributed by atoms with van der Waals surface area (Å²) in [6.45, 7) is 3.43. The van der Waals surface area contributed by atoms with E-state index in [0.717, 1.165) is 53.7 Å². The molecule has 2 aromatic carbocycles. The molecule has 1 aromatic heterocycles. The van der Waals surface area contributed by atoms with Gasteiger partial charge in [0.25, 0.3) is 0 Å². The van der Waals surface area contributed by atoms with Gasteiger partial charge < -0.3 is 4.74 Å². The first kappa shape index (κ1) is 20.1. The van der Waals surface area contributed by atoms with Crippen LogP contribution in [-0.4, -0.2) is 51.2 Å². The molecule has 0 amide bonds. The number of rotatable bonds is 7. The van der Waals surface area contributed by atoms with Gasteiger partial charge in [-0.2, -0.15) is 0 Å². The van der Waals surface area contributed by atoms with Crippen LogP contribution in [0.25, 0.3) is 5.69 Å². The Morgan fingerprint density at radius 3 is 2.63 bits per heavy atom. The fourth-order valence-electron chi connectivity index (χ4n) is 3.86. The summed E-state index contributed by atoms with van der Waals surface area (Å²) < 4.78 is 8.29. The molecule has 156 valence electrons. The van der Waals surface area contributed by atoms with E-state index < -0.39 is 0 Å². The third-order valence-electron chi connectivity index (χ3n) is 5.59. The third kappa shape index (κ3) is 4.57. The Morgan fingerprint density at radius 2 is 1.83 bits per heavy atom. The zero-order valence-electron chi connectivity index (χ0n) is 16.8. The van der Waals surface area contributed by atoms with Gasteiger partial charge in [-0.25, -0.2) is 0 Å². The highest BCUT2D eigenvalue weighted by atomic mass is 35.5. The fourth-order valence-corrected chi connectivity index (χ4v) is 5.02. The first-order valence-electron chi connectivity index (χ1n) is 10.5. The van der Waals surface area contributed by atoms with Gasteiger partial charge in [0, 0.05) is 42.0 Å². The van der Waals surface area contributed by atoms with Crippen LogP contribution in [0, 0.1) is 0 Å². The minimum atomic E-state index is 0.163. The average Bonchev–Trinajstić information content (AvgIpc) is 3.54. The zero-order chi connectivity index (χ0) is 20.3. The first-order valence-corrected chi connectivity index (χ1v) is 11.8. The van der Waals surface area contributed by atoms with Crippen molar-refractivity contribution in [3.63, 3.8) is 0 Å². The van der Waals surface area contributed by atoms with Gasteiger partial charge in [0.1, 0.15) is 5.82 Å². The van der Waals surface area contributed by atoms with Gasteiger partial charge in [-0.1, -0.05) is 59.8 Å². The minimum Gasteiger partial charge on any atom is -0.375 e. The van der Waals surface area contributed by atoms with E-state index in [1.54, 1.807) is 11.8 Å². The van der Waals surface area contributed by atoms with Crippen LogP contribution in [0.3, 0.4) is 0 Å². The molecule has 7 heteroatoms. The van der Waals surface area contributed by atoms with Crippen LogP contribution in [-0.2, 0) is 11.3 Å². The second-order valence-corrected chi connectivity index (χ2v) is 9.31. The second-order valence-electron chi connectivity index (χ2n) is 7.92. The molecule has 0 N–H and O–H groups in total. The number of morpholine rings is 1. The average molecular weight is 441 g/mol. The molecule has 5 rings (SSSR count). The van der Waals surface area contributed by atoms with Crippen molar-refractivity contribution >= 4 is 23.4 Å². The summed E-state index contributed by atoms with van der Waals surface area (Å²) in [5, 5.41) is 10.8. The normalized spacial score (nSPS) is 19.8. The standard InChI is InChI=1S/C23H25ClN4OS/c24-21-9-5-4-6-18(21)14-27-12-13-29-20(15-27)16-30-23-26-25-22(17-10-11-17)28(23)19-7-2-1-3-8-19/h1-9,17,20H,10-16H2. The second kappa shape index (κ2) is 9.10. The van der Waals surface area contributed by atoms with Crippen molar-refractivity contribution in [2.75, 3.05) is 25.4 Å². The molecule has 2 heterocycles. The summed E-state index contributed by atoms with van der Waals surface area (Å²) in [5.41, 5.74) is 2.31. The van der Waals surface area contributed by atoms with Crippen molar-refractivity contribution in [1.82, 2.24) is 19.7 Å². The van der Waals surface area contributed by atoms with Crippen LogP contribution in [0.4, 0.5) is 0 Å². The largest absolute Gasteiger partial charge is 0.375 e. The summed E-state index contributed by atoms with van der Waals surface area (Å²) in [5.74, 6) is 2.49. The van der Waals surface area contributed by atoms with E-state index in [1.807, 2.05) is 24.3 Å². The van der Waals surface area contributed by atoms with Crippen LogP contribution >= 0.6 is 23.4 Å². The predicted octanol–water partition coefficient (Wildman–Crippen LogP) is 4.79. The minimum absolute atomic E-state index is 0.163. The number of ether oxygens (including phenoxy) is 1.